The highest BCUT2D eigenvalue weighted by molar-refractivity contribution is 6.31. The Bertz CT molecular complexity index is 528. The van der Waals surface area contributed by atoms with E-state index in [-0.39, 0.29) is 11.3 Å². The second kappa shape index (κ2) is 4.35. The molecule has 0 aromatic heterocycles. The minimum absolute atomic E-state index is 0.0155. The Labute approximate surface area is 110 Å². The first-order valence-electron chi connectivity index (χ1n) is 5.64. The summed E-state index contributed by atoms with van der Waals surface area (Å²) in [5, 5.41) is 0.295. The predicted octanol–water partition coefficient (Wildman–Crippen LogP) is 2.67. The van der Waals surface area contributed by atoms with Crippen LogP contribution in [0.5, 0.6) is 0 Å². The molecule has 1 amide bonds. The van der Waals surface area contributed by atoms with Crippen molar-refractivity contribution >= 4 is 23.3 Å². The number of amides is 1. The number of rotatable bonds is 1. The zero-order valence-corrected chi connectivity index (χ0v) is 10.9. The van der Waals surface area contributed by atoms with Crippen molar-refractivity contribution in [1.82, 2.24) is 4.90 Å². The molecule has 0 atom stereocenters. The summed E-state index contributed by atoms with van der Waals surface area (Å²) in [6.07, 6.45) is 0.306. The van der Waals surface area contributed by atoms with E-state index < -0.39 is 17.3 Å². The number of ketones is 1. The van der Waals surface area contributed by atoms with E-state index in [9.17, 15) is 14.0 Å². The monoisotopic (exact) mass is 269 g/mol. The maximum Gasteiger partial charge on any atom is 0.257 e. The number of halogens is 2. The molecule has 0 saturated carbocycles. The van der Waals surface area contributed by atoms with Gasteiger partial charge in [0.2, 0.25) is 0 Å². The SMILES string of the molecule is CC1(C)C(=O)CCN1C(=O)c1cc(Cl)ccc1F. The average molecular weight is 270 g/mol. The summed E-state index contributed by atoms with van der Waals surface area (Å²) in [6, 6.07) is 3.83. The lowest BCUT2D eigenvalue weighted by Gasteiger charge is -2.30. The lowest BCUT2D eigenvalue weighted by molar-refractivity contribution is -0.123. The van der Waals surface area contributed by atoms with Crippen LogP contribution in [0.15, 0.2) is 18.2 Å². The van der Waals surface area contributed by atoms with Crippen LogP contribution in [0.1, 0.15) is 30.6 Å². The molecule has 1 heterocycles. The van der Waals surface area contributed by atoms with E-state index in [1.165, 1.54) is 17.0 Å². The van der Waals surface area contributed by atoms with Crippen molar-refractivity contribution < 1.29 is 14.0 Å². The van der Waals surface area contributed by atoms with Gasteiger partial charge in [-0.2, -0.15) is 0 Å². The molecular formula is C13H13ClFNO2. The van der Waals surface area contributed by atoms with Crippen molar-refractivity contribution in [2.24, 2.45) is 0 Å². The quantitative estimate of drug-likeness (QED) is 0.786. The first-order chi connectivity index (χ1) is 8.34. The van der Waals surface area contributed by atoms with Crippen molar-refractivity contribution in [3.05, 3.63) is 34.6 Å². The Morgan fingerprint density at radius 1 is 1.44 bits per heavy atom. The summed E-state index contributed by atoms with van der Waals surface area (Å²) in [7, 11) is 0. The van der Waals surface area contributed by atoms with E-state index in [1.54, 1.807) is 13.8 Å². The molecule has 1 aliphatic rings. The largest absolute Gasteiger partial charge is 0.326 e. The Hall–Kier alpha value is -1.42. The van der Waals surface area contributed by atoms with Crippen LogP contribution in [0.4, 0.5) is 4.39 Å². The van der Waals surface area contributed by atoms with Crippen molar-refractivity contribution in [3.8, 4) is 0 Å². The third-order valence-electron chi connectivity index (χ3n) is 3.32. The maximum atomic E-state index is 13.6. The molecule has 5 heteroatoms. The third kappa shape index (κ3) is 2.01. The van der Waals surface area contributed by atoms with Gasteiger partial charge in [0.25, 0.3) is 5.91 Å². The molecule has 1 saturated heterocycles. The van der Waals surface area contributed by atoms with Crippen LogP contribution in [0.25, 0.3) is 0 Å². The lowest BCUT2D eigenvalue weighted by Crippen LogP contribution is -2.46. The Morgan fingerprint density at radius 3 is 2.67 bits per heavy atom. The van der Waals surface area contributed by atoms with Gasteiger partial charge in [-0.25, -0.2) is 4.39 Å². The third-order valence-corrected chi connectivity index (χ3v) is 3.56. The highest BCUT2D eigenvalue weighted by Gasteiger charge is 2.43. The van der Waals surface area contributed by atoms with Gasteiger partial charge in [0.15, 0.2) is 5.78 Å². The van der Waals surface area contributed by atoms with Crippen LogP contribution in [-0.2, 0) is 4.79 Å². The Balaban J connectivity index is 2.38. The summed E-state index contributed by atoms with van der Waals surface area (Å²) in [5.41, 5.74) is -0.975. The highest BCUT2D eigenvalue weighted by Crippen LogP contribution is 2.28. The topological polar surface area (TPSA) is 37.4 Å². The number of carbonyl (C=O) groups excluding carboxylic acids is 2. The lowest BCUT2D eigenvalue weighted by atomic mass is 10.00. The van der Waals surface area contributed by atoms with Gasteiger partial charge in [-0.05, 0) is 32.0 Å². The molecule has 0 N–H and O–H groups in total. The van der Waals surface area contributed by atoms with Gasteiger partial charge in [-0.15, -0.1) is 0 Å². The van der Waals surface area contributed by atoms with E-state index in [0.29, 0.717) is 18.0 Å². The number of benzene rings is 1. The van der Waals surface area contributed by atoms with Crippen LogP contribution in [0.3, 0.4) is 0 Å². The normalized spacial score (nSPS) is 18.2. The van der Waals surface area contributed by atoms with Gasteiger partial charge in [0.1, 0.15) is 5.82 Å². The zero-order valence-electron chi connectivity index (χ0n) is 10.2. The molecule has 3 nitrogen and oxygen atoms in total. The summed E-state index contributed by atoms with van der Waals surface area (Å²) in [6.45, 7) is 3.65. The second-order valence-electron chi connectivity index (χ2n) is 4.81. The van der Waals surface area contributed by atoms with Gasteiger partial charge in [-0.1, -0.05) is 11.6 Å². The van der Waals surface area contributed by atoms with E-state index in [2.05, 4.69) is 0 Å². The van der Waals surface area contributed by atoms with Crippen LogP contribution in [-0.4, -0.2) is 28.7 Å². The molecule has 0 aliphatic carbocycles. The fourth-order valence-corrected chi connectivity index (χ4v) is 2.28. The molecule has 96 valence electrons. The number of likely N-dealkylation sites (tertiary alicyclic amines) is 1. The highest BCUT2D eigenvalue weighted by atomic mass is 35.5. The fourth-order valence-electron chi connectivity index (χ4n) is 2.11. The van der Waals surface area contributed by atoms with E-state index in [0.717, 1.165) is 6.07 Å². The van der Waals surface area contributed by atoms with Gasteiger partial charge >= 0.3 is 0 Å². The van der Waals surface area contributed by atoms with Crippen LogP contribution in [0.2, 0.25) is 5.02 Å². The summed E-state index contributed by atoms with van der Waals surface area (Å²) < 4.78 is 13.6. The van der Waals surface area contributed by atoms with E-state index in [4.69, 9.17) is 11.6 Å². The van der Waals surface area contributed by atoms with E-state index in [1.807, 2.05) is 0 Å². The summed E-state index contributed by atoms with van der Waals surface area (Å²) in [5.74, 6) is -1.14. The molecule has 18 heavy (non-hydrogen) atoms. The molecule has 0 bridgehead atoms. The number of hydrogen-bond donors (Lipinski definition) is 0. The number of nitrogens with zero attached hydrogens (tertiary/aromatic N) is 1. The second-order valence-corrected chi connectivity index (χ2v) is 5.25. The minimum atomic E-state index is -0.883. The standard InChI is InChI=1S/C13H13ClFNO2/c1-13(2)11(17)5-6-16(13)12(18)9-7-8(14)3-4-10(9)15/h3-4,7H,5-6H2,1-2H3. The molecular weight excluding hydrogens is 257 g/mol. The van der Waals surface area contributed by atoms with Gasteiger partial charge in [0.05, 0.1) is 11.1 Å². The molecule has 1 fully saturated rings. The Kier molecular flexibility index (Phi) is 3.15. The zero-order chi connectivity index (χ0) is 13.5. The summed E-state index contributed by atoms with van der Waals surface area (Å²) in [4.78, 5) is 25.3. The average Bonchev–Trinajstić information content (AvgIpc) is 2.57. The molecule has 0 unspecified atom stereocenters. The van der Waals surface area contributed by atoms with Crippen molar-refractivity contribution in [3.63, 3.8) is 0 Å². The van der Waals surface area contributed by atoms with Crippen molar-refractivity contribution in [2.45, 2.75) is 25.8 Å². The maximum absolute atomic E-state index is 13.6. The first-order valence-corrected chi connectivity index (χ1v) is 6.02. The molecule has 0 spiro atoms. The number of Topliss-reactive ketones (excluding diaryl/α,β-unsaturated/α-hetero) is 1. The number of hydrogen-bond acceptors (Lipinski definition) is 2. The van der Waals surface area contributed by atoms with Crippen LogP contribution in [0, 0.1) is 5.82 Å². The molecule has 1 aromatic carbocycles. The van der Waals surface area contributed by atoms with Crippen LogP contribution >= 0.6 is 11.6 Å². The van der Waals surface area contributed by atoms with Gasteiger partial charge in [-0.3, -0.25) is 9.59 Å². The van der Waals surface area contributed by atoms with Crippen molar-refractivity contribution in [2.75, 3.05) is 6.54 Å². The number of carbonyl (C=O) groups is 2. The first kappa shape index (κ1) is 13.0. The summed E-state index contributed by atoms with van der Waals surface area (Å²) >= 11 is 5.76. The van der Waals surface area contributed by atoms with Gasteiger partial charge in [0, 0.05) is 18.0 Å². The van der Waals surface area contributed by atoms with Crippen LogP contribution < -0.4 is 0 Å². The Morgan fingerprint density at radius 2 is 2.11 bits per heavy atom. The minimum Gasteiger partial charge on any atom is -0.326 e. The van der Waals surface area contributed by atoms with Gasteiger partial charge < -0.3 is 4.90 Å². The van der Waals surface area contributed by atoms with E-state index >= 15 is 0 Å². The molecule has 1 aromatic rings. The fraction of sp³-hybridized carbons (Fsp3) is 0.385. The molecule has 2 rings (SSSR count). The predicted molar refractivity (Wildman–Crippen MR) is 66.1 cm³/mol. The molecule has 0 radical (unpaired) electrons. The molecule has 1 aliphatic heterocycles. The smallest absolute Gasteiger partial charge is 0.257 e. The van der Waals surface area contributed by atoms with Crippen molar-refractivity contribution in [1.29, 1.82) is 0 Å².